The maximum atomic E-state index is 12.4. The van der Waals surface area contributed by atoms with E-state index in [2.05, 4.69) is 15.6 Å². The molecule has 7 heteroatoms. The van der Waals surface area contributed by atoms with E-state index < -0.39 is 0 Å². The third-order valence-electron chi connectivity index (χ3n) is 3.67. The van der Waals surface area contributed by atoms with Crippen molar-refractivity contribution in [2.75, 3.05) is 10.6 Å². The number of aryl methyl sites for hydroxylation is 1. The van der Waals surface area contributed by atoms with Crippen molar-refractivity contribution in [3.05, 3.63) is 77.8 Å². The second kappa shape index (κ2) is 8.31. The van der Waals surface area contributed by atoms with Gasteiger partial charge in [-0.1, -0.05) is 17.7 Å². The molecule has 0 saturated carbocycles. The van der Waals surface area contributed by atoms with Gasteiger partial charge in [0, 0.05) is 47.3 Å². The predicted molar refractivity (Wildman–Crippen MR) is 101 cm³/mol. The first-order valence-corrected chi connectivity index (χ1v) is 8.40. The minimum Gasteiger partial charge on any atom is -0.337 e. The maximum Gasteiger partial charge on any atom is 0.255 e. The first-order valence-electron chi connectivity index (χ1n) is 8.03. The smallest absolute Gasteiger partial charge is 0.255 e. The third kappa shape index (κ3) is 4.94. The van der Waals surface area contributed by atoms with E-state index in [1.54, 1.807) is 67.3 Å². The van der Waals surface area contributed by atoms with Crippen LogP contribution >= 0.6 is 11.6 Å². The topological polar surface area (TPSA) is 76.0 Å². The molecule has 132 valence electrons. The van der Waals surface area contributed by atoms with Gasteiger partial charge in [-0.15, -0.1) is 0 Å². The molecule has 1 heterocycles. The maximum absolute atomic E-state index is 12.4. The number of aromatic nitrogens is 2. The predicted octanol–water partition coefficient (Wildman–Crippen LogP) is 3.82. The van der Waals surface area contributed by atoms with E-state index in [0.717, 1.165) is 0 Å². The number of nitrogens with zero attached hydrogens (tertiary/aromatic N) is 2. The summed E-state index contributed by atoms with van der Waals surface area (Å²) in [6.07, 6.45) is 5.45. The zero-order valence-corrected chi connectivity index (χ0v) is 14.6. The number of nitrogens with one attached hydrogen (secondary N) is 2. The second-order valence-electron chi connectivity index (χ2n) is 5.64. The van der Waals surface area contributed by atoms with E-state index in [1.165, 1.54) is 0 Å². The fourth-order valence-electron chi connectivity index (χ4n) is 2.35. The van der Waals surface area contributed by atoms with E-state index in [-0.39, 0.29) is 11.8 Å². The molecule has 26 heavy (non-hydrogen) atoms. The molecular weight excluding hydrogens is 352 g/mol. The van der Waals surface area contributed by atoms with E-state index in [4.69, 9.17) is 11.6 Å². The van der Waals surface area contributed by atoms with Gasteiger partial charge in [0.2, 0.25) is 5.91 Å². The van der Waals surface area contributed by atoms with Crippen molar-refractivity contribution < 1.29 is 9.59 Å². The Morgan fingerprint density at radius 2 is 1.85 bits per heavy atom. The van der Waals surface area contributed by atoms with Crippen molar-refractivity contribution in [1.82, 2.24) is 9.55 Å². The van der Waals surface area contributed by atoms with Crippen molar-refractivity contribution in [1.29, 1.82) is 0 Å². The van der Waals surface area contributed by atoms with Gasteiger partial charge in [0.1, 0.15) is 0 Å². The molecule has 1 aromatic heterocycles. The molecule has 0 aliphatic carbocycles. The lowest BCUT2D eigenvalue weighted by molar-refractivity contribution is -0.116. The molecule has 0 spiro atoms. The Hall–Kier alpha value is -3.12. The van der Waals surface area contributed by atoms with Crippen LogP contribution in [0.5, 0.6) is 0 Å². The molecule has 0 saturated heterocycles. The highest BCUT2D eigenvalue weighted by Crippen LogP contribution is 2.16. The highest BCUT2D eigenvalue weighted by Gasteiger charge is 2.09. The standard InChI is InChI=1S/C19H17ClN4O2/c20-15-4-6-16(7-5-15)23-19(26)14-2-1-3-17(12-14)22-18(25)8-10-24-11-9-21-13-24/h1-7,9,11-13H,8,10H2,(H,22,25)(H,23,26). The van der Waals surface area contributed by atoms with Gasteiger partial charge in [0.15, 0.2) is 0 Å². The number of carbonyl (C=O) groups is 2. The molecule has 2 amide bonds. The van der Waals surface area contributed by atoms with Gasteiger partial charge in [-0.05, 0) is 42.5 Å². The second-order valence-corrected chi connectivity index (χ2v) is 6.08. The van der Waals surface area contributed by atoms with Crippen LogP contribution in [-0.4, -0.2) is 21.4 Å². The van der Waals surface area contributed by atoms with Gasteiger partial charge in [-0.3, -0.25) is 9.59 Å². The van der Waals surface area contributed by atoms with Crippen molar-refractivity contribution in [3.63, 3.8) is 0 Å². The number of imidazole rings is 1. The number of carbonyl (C=O) groups excluding carboxylic acids is 2. The molecule has 6 nitrogen and oxygen atoms in total. The van der Waals surface area contributed by atoms with Crippen molar-refractivity contribution in [3.8, 4) is 0 Å². The SMILES string of the molecule is O=C(CCn1ccnc1)Nc1cccc(C(=O)Nc2ccc(Cl)cc2)c1. The molecule has 0 bridgehead atoms. The first-order chi connectivity index (χ1) is 12.6. The molecule has 0 unspecified atom stereocenters. The van der Waals surface area contributed by atoms with E-state index in [1.807, 2.05) is 4.57 Å². The summed E-state index contributed by atoms with van der Waals surface area (Å²) in [5.74, 6) is -0.393. The zero-order valence-electron chi connectivity index (χ0n) is 13.9. The average Bonchev–Trinajstić information content (AvgIpc) is 3.16. The zero-order chi connectivity index (χ0) is 18.4. The number of hydrogen-bond donors (Lipinski definition) is 2. The van der Waals surface area contributed by atoms with Crippen LogP contribution in [0.2, 0.25) is 5.02 Å². The average molecular weight is 369 g/mol. The van der Waals surface area contributed by atoms with Crippen LogP contribution in [0.4, 0.5) is 11.4 Å². The molecule has 2 aromatic carbocycles. The Kier molecular flexibility index (Phi) is 5.66. The molecule has 0 atom stereocenters. The van der Waals surface area contributed by atoms with Crippen LogP contribution in [0.3, 0.4) is 0 Å². The largest absolute Gasteiger partial charge is 0.337 e. The molecule has 0 fully saturated rings. The van der Waals surface area contributed by atoms with Crippen LogP contribution in [0.1, 0.15) is 16.8 Å². The van der Waals surface area contributed by atoms with Gasteiger partial charge < -0.3 is 15.2 Å². The molecule has 3 rings (SSSR count). The van der Waals surface area contributed by atoms with Crippen LogP contribution in [-0.2, 0) is 11.3 Å². The highest BCUT2D eigenvalue weighted by atomic mass is 35.5. The van der Waals surface area contributed by atoms with Crippen molar-refractivity contribution in [2.45, 2.75) is 13.0 Å². The summed E-state index contributed by atoms with van der Waals surface area (Å²) in [7, 11) is 0. The third-order valence-corrected chi connectivity index (χ3v) is 3.92. The van der Waals surface area contributed by atoms with Crippen molar-refractivity contribution >= 4 is 34.8 Å². The normalized spacial score (nSPS) is 10.3. The minimum atomic E-state index is -0.262. The summed E-state index contributed by atoms with van der Waals surface area (Å²) in [5.41, 5.74) is 1.67. The Morgan fingerprint density at radius 1 is 1.04 bits per heavy atom. The van der Waals surface area contributed by atoms with Gasteiger partial charge in [-0.25, -0.2) is 4.98 Å². The Morgan fingerprint density at radius 3 is 2.58 bits per heavy atom. The number of hydrogen-bond acceptors (Lipinski definition) is 3. The lowest BCUT2D eigenvalue weighted by atomic mass is 10.1. The van der Waals surface area contributed by atoms with Crippen LogP contribution < -0.4 is 10.6 Å². The summed E-state index contributed by atoms with van der Waals surface area (Å²) in [5, 5.41) is 6.19. The number of halogens is 1. The molecule has 0 aliphatic heterocycles. The van der Waals surface area contributed by atoms with Crippen LogP contribution in [0.25, 0.3) is 0 Å². The van der Waals surface area contributed by atoms with E-state index in [9.17, 15) is 9.59 Å². The minimum absolute atomic E-state index is 0.131. The fraction of sp³-hybridized carbons (Fsp3) is 0.105. The van der Waals surface area contributed by atoms with Crippen LogP contribution in [0, 0.1) is 0 Å². The van der Waals surface area contributed by atoms with Gasteiger partial charge in [0.05, 0.1) is 6.33 Å². The molecule has 2 N–H and O–H groups in total. The molecule has 0 radical (unpaired) electrons. The molecular formula is C19H17ClN4O2. The van der Waals surface area contributed by atoms with Gasteiger partial charge >= 0.3 is 0 Å². The number of rotatable bonds is 6. The highest BCUT2D eigenvalue weighted by molar-refractivity contribution is 6.30. The summed E-state index contributed by atoms with van der Waals surface area (Å²) >= 11 is 5.83. The first kappa shape index (κ1) is 17.7. The molecule has 0 aliphatic rings. The summed E-state index contributed by atoms with van der Waals surface area (Å²) < 4.78 is 1.83. The Bertz CT molecular complexity index is 892. The fourth-order valence-corrected chi connectivity index (χ4v) is 2.47. The van der Waals surface area contributed by atoms with E-state index >= 15 is 0 Å². The quantitative estimate of drug-likeness (QED) is 0.694. The monoisotopic (exact) mass is 368 g/mol. The lowest BCUT2D eigenvalue weighted by Crippen LogP contribution is -2.15. The summed E-state index contributed by atoms with van der Waals surface area (Å²) in [6, 6.07) is 13.6. The number of benzene rings is 2. The number of amides is 2. The van der Waals surface area contributed by atoms with Crippen molar-refractivity contribution in [2.24, 2.45) is 0 Å². The molecule has 3 aromatic rings. The van der Waals surface area contributed by atoms with Gasteiger partial charge in [0.25, 0.3) is 5.91 Å². The van der Waals surface area contributed by atoms with Gasteiger partial charge in [-0.2, -0.15) is 0 Å². The van der Waals surface area contributed by atoms with Crippen LogP contribution in [0.15, 0.2) is 67.3 Å². The Balaban J connectivity index is 1.59. The number of anilines is 2. The summed E-state index contributed by atoms with van der Waals surface area (Å²) in [6.45, 7) is 0.544. The summed E-state index contributed by atoms with van der Waals surface area (Å²) in [4.78, 5) is 28.3. The lowest BCUT2D eigenvalue weighted by Gasteiger charge is -2.09. The Labute approximate surface area is 155 Å². The van der Waals surface area contributed by atoms with E-state index in [0.29, 0.717) is 34.9 Å².